The first-order chi connectivity index (χ1) is 23.6. The lowest BCUT2D eigenvalue weighted by atomic mass is 9.99. The largest absolute Gasteiger partial charge is 0.461 e. The molecule has 0 aromatic heterocycles. The van der Waals surface area contributed by atoms with Gasteiger partial charge in [0.1, 0.15) is 18.7 Å². The number of likely N-dealkylation sites (tertiary alicyclic amines) is 1. The molecular weight excluding hydrogens is 659 g/mol. The summed E-state index contributed by atoms with van der Waals surface area (Å²) in [6.07, 6.45) is -3.05. The third-order valence-corrected chi connectivity index (χ3v) is 8.94. The second-order valence-corrected chi connectivity index (χ2v) is 13.4. The van der Waals surface area contributed by atoms with Crippen LogP contribution in [0.1, 0.15) is 78.2 Å². The van der Waals surface area contributed by atoms with Crippen molar-refractivity contribution in [1.29, 1.82) is 0 Å². The van der Waals surface area contributed by atoms with Gasteiger partial charge in [0.05, 0.1) is 19.3 Å². The van der Waals surface area contributed by atoms with Crippen molar-refractivity contribution in [1.82, 2.24) is 20.4 Å². The number of esters is 1. The van der Waals surface area contributed by atoms with Crippen LogP contribution in [0.25, 0.3) is 0 Å². The zero-order valence-corrected chi connectivity index (χ0v) is 29.5. The number of hydrogen-bond donors (Lipinski definition) is 3. The Morgan fingerprint density at radius 2 is 1.64 bits per heavy atom. The average Bonchev–Trinajstić information content (AvgIpc) is 3.30. The lowest BCUT2D eigenvalue weighted by Gasteiger charge is -2.31. The Balaban J connectivity index is 1.63. The summed E-state index contributed by atoms with van der Waals surface area (Å²) in [6.45, 7) is 9.87. The molecule has 0 radical (unpaired) electrons. The Kier molecular flexibility index (Phi) is 16.1. The number of amides is 4. The zero-order valence-electron chi connectivity index (χ0n) is 29.5. The number of nitrogens with zero attached hydrogens (tertiary/aromatic N) is 2. The van der Waals surface area contributed by atoms with Gasteiger partial charge in [-0.3, -0.25) is 39.1 Å². The molecular formula is C35H52F3N5O7. The molecule has 2 saturated heterocycles. The summed E-state index contributed by atoms with van der Waals surface area (Å²) in [6, 6.07) is 2.41. The van der Waals surface area contributed by atoms with Gasteiger partial charge in [-0.15, -0.1) is 0 Å². The summed E-state index contributed by atoms with van der Waals surface area (Å²) in [5.41, 5.74) is 1.16. The molecule has 4 atom stereocenters. The summed E-state index contributed by atoms with van der Waals surface area (Å²) in [4.78, 5) is 65.7. The highest BCUT2D eigenvalue weighted by molar-refractivity contribution is 6.03. The number of morpholine rings is 1. The molecule has 0 spiro atoms. The van der Waals surface area contributed by atoms with E-state index in [1.165, 1.54) is 11.8 Å². The molecule has 1 aromatic carbocycles. The molecule has 4 amide bonds. The maximum atomic E-state index is 14.2. The molecule has 0 bridgehead atoms. The van der Waals surface area contributed by atoms with Crippen LogP contribution in [0.3, 0.4) is 0 Å². The maximum absolute atomic E-state index is 14.2. The topological polar surface area (TPSA) is 146 Å². The molecule has 2 aliphatic heterocycles. The number of nitrogens with one attached hydrogen (secondary N) is 3. The number of carbonyl (C=O) groups is 5. The van der Waals surface area contributed by atoms with E-state index < -0.39 is 48.0 Å². The van der Waals surface area contributed by atoms with Crippen LogP contribution in [0.2, 0.25) is 0 Å². The van der Waals surface area contributed by atoms with Crippen molar-refractivity contribution in [3.63, 3.8) is 0 Å². The number of unbranched alkanes of at least 4 members (excludes halogenated alkanes) is 2. The van der Waals surface area contributed by atoms with Crippen molar-refractivity contribution in [2.45, 2.75) is 104 Å². The van der Waals surface area contributed by atoms with Crippen molar-refractivity contribution in [2.24, 2.45) is 11.8 Å². The first-order valence-corrected chi connectivity index (χ1v) is 17.5. The van der Waals surface area contributed by atoms with E-state index in [9.17, 15) is 37.1 Å². The highest BCUT2D eigenvalue weighted by Gasteiger charge is 2.42. The Morgan fingerprint density at radius 1 is 0.960 bits per heavy atom. The molecule has 12 nitrogen and oxygen atoms in total. The second-order valence-electron chi connectivity index (χ2n) is 13.4. The van der Waals surface area contributed by atoms with E-state index >= 15 is 0 Å². The molecule has 1 aromatic rings. The van der Waals surface area contributed by atoms with Gasteiger partial charge in [-0.1, -0.05) is 45.7 Å². The fourth-order valence-corrected chi connectivity index (χ4v) is 5.98. The Morgan fingerprint density at radius 3 is 2.22 bits per heavy atom. The van der Waals surface area contributed by atoms with E-state index in [-0.39, 0.29) is 56.6 Å². The highest BCUT2D eigenvalue weighted by Crippen LogP contribution is 2.26. The molecule has 2 heterocycles. The van der Waals surface area contributed by atoms with Crippen molar-refractivity contribution in [3.8, 4) is 0 Å². The number of anilines is 1. The van der Waals surface area contributed by atoms with E-state index in [2.05, 4.69) is 20.9 Å². The van der Waals surface area contributed by atoms with Gasteiger partial charge >= 0.3 is 12.1 Å². The molecule has 4 unspecified atom stereocenters. The van der Waals surface area contributed by atoms with Crippen LogP contribution in [-0.2, 0) is 40.1 Å². The van der Waals surface area contributed by atoms with Crippen LogP contribution in [0.5, 0.6) is 0 Å². The molecule has 2 aliphatic rings. The number of alkyl halides is 3. The smallest absolute Gasteiger partial charge is 0.403 e. The van der Waals surface area contributed by atoms with Crippen LogP contribution in [0.4, 0.5) is 18.9 Å². The average molecular weight is 712 g/mol. The molecule has 3 rings (SSSR count). The fourth-order valence-electron chi connectivity index (χ4n) is 5.98. The summed E-state index contributed by atoms with van der Waals surface area (Å²) >= 11 is 0. The first-order valence-electron chi connectivity index (χ1n) is 17.5. The van der Waals surface area contributed by atoms with Crippen LogP contribution in [-0.4, -0.2) is 103 Å². The lowest BCUT2D eigenvalue weighted by molar-refractivity contribution is -0.161. The van der Waals surface area contributed by atoms with Gasteiger partial charge in [-0.05, 0) is 55.8 Å². The fraction of sp³-hybridized carbons (Fsp3) is 0.686. The predicted molar refractivity (Wildman–Crippen MR) is 180 cm³/mol. The standard InChI is InChI=1S/C35H52F3N5O7/c1-23(2)31(41-29(35(36,37)38)10-6-5-7-16-43-30(45)21-24(3)34(43)48)33(47)40-28(9-8-15-42-17-19-49-20-18-42)32(46)39-27-13-11-26(12-14-27)22-50-25(4)44/h11-14,23-24,28-29,31,41H,5-10,15-22H2,1-4H3,(H,39,46)(H,40,47). The summed E-state index contributed by atoms with van der Waals surface area (Å²) in [5, 5.41) is 8.04. The number of halogens is 3. The van der Waals surface area contributed by atoms with Crippen LogP contribution in [0, 0.1) is 11.8 Å². The number of benzene rings is 1. The normalized spacial score (nSPS) is 19.0. The van der Waals surface area contributed by atoms with E-state index in [4.69, 9.17) is 9.47 Å². The third-order valence-electron chi connectivity index (χ3n) is 8.94. The number of rotatable bonds is 19. The SMILES string of the molecule is CC(=O)OCc1ccc(NC(=O)C(CCCN2CCOCC2)NC(=O)C(NC(CCCCCN2C(=O)CC(C)C2=O)C(F)(F)F)C(C)C)cc1. The molecule has 3 N–H and O–H groups in total. The molecule has 0 saturated carbocycles. The second kappa shape index (κ2) is 19.7. The Labute approximate surface area is 292 Å². The van der Waals surface area contributed by atoms with Gasteiger partial charge < -0.3 is 20.1 Å². The molecule has 2 fully saturated rings. The van der Waals surface area contributed by atoms with Gasteiger partial charge in [0, 0.05) is 44.6 Å². The first kappa shape index (κ1) is 40.9. The van der Waals surface area contributed by atoms with Gasteiger partial charge in [-0.2, -0.15) is 13.2 Å². The minimum Gasteiger partial charge on any atom is -0.461 e. The zero-order chi connectivity index (χ0) is 36.8. The lowest BCUT2D eigenvalue weighted by Crippen LogP contribution is -2.58. The summed E-state index contributed by atoms with van der Waals surface area (Å²) in [7, 11) is 0. The molecule has 280 valence electrons. The molecule has 50 heavy (non-hydrogen) atoms. The maximum Gasteiger partial charge on any atom is 0.403 e. The van der Waals surface area contributed by atoms with Crippen LogP contribution in [0.15, 0.2) is 24.3 Å². The van der Waals surface area contributed by atoms with Crippen molar-refractivity contribution < 1.29 is 46.6 Å². The van der Waals surface area contributed by atoms with Gasteiger partial charge in [0.15, 0.2) is 0 Å². The Hall–Kier alpha value is -3.56. The van der Waals surface area contributed by atoms with E-state index in [1.807, 2.05) is 0 Å². The van der Waals surface area contributed by atoms with Gasteiger partial charge in [-0.25, -0.2) is 0 Å². The molecule has 0 aliphatic carbocycles. The minimum absolute atomic E-state index is 0.0756. The number of carbonyl (C=O) groups excluding carboxylic acids is 5. The van der Waals surface area contributed by atoms with Gasteiger partial charge in [0.25, 0.3) is 0 Å². The van der Waals surface area contributed by atoms with E-state index in [0.29, 0.717) is 50.3 Å². The van der Waals surface area contributed by atoms with Gasteiger partial charge in [0.2, 0.25) is 23.6 Å². The van der Waals surface area contributed by atoms with E-state index in [1.54, 1.807) is 45.0 Å². The number of hydrogen-bond acceptors (Lipinski definition) is 9. The Bertz CT molecular complexity index is 1290. The highest BCUT2D eigenvalue weighted by atomic mass is 19.4. The van der Waals surface area contributed by atoms with Crippen molar-refractivity contribution in [2.75, 3.05) is 44.7 Å². The monoisotopic (exact) mass is 711 g/mol. The van der Waals surface area contributed by atoms with Crippen molar-refractivity contribution >= 4 is 35.3 Å². The van der Waals surface area contributed by atoms with Crippen LogP contribution < -0.4 is 16.0 Å². The number of ether oxygens (including phenoxy) is 2. The summed E-state index contributed by atoms with van der Waals surface area (Å²) < 4.78 is 53.0. The summed E-state index contributed by atoms with van der Waals surface area (Å²) in [5.74, 6) is -3.06. The number of imide groups is 1. The third kappa shape index (κ3) is 13.3. The van der Waals surface area contributed by atoms with Crippen LogP contribution >= 0.6 is 0 Å². The van der Waals surface area contributed by atoms with Crippen molar-refractivity contribution in [3.05, 3.63) is 29.8 Å². The molecule has 15 heteroatoms. The minimum atomic E-state index is -4.64. The quantitative estimate of drug-likeness (QED) is 0.111. The predicted octanol–water partition coefficient (Wildman–Crippen LogP) is 3.79. The van der Waals surface area contributed by atoms with E-state index in [0.717, 1.165) is 13.1 Å².